The second kappa shape index (κ2) is 9.58. The van der Waals surface area contributed by atoms with Crippen molar-refractivity contribution in [1.29, 1.82) is 0 Å². The lowest BCUT2D eigenvalue weighted by Gasteiger charge is -2.40. The van der Waals surface area contributed by atoms with E-state index < -0.39 is 5.54 Å². The molecule has 0 spiro atoms. The molecule has 3 aromatic carbocycles. The largest absolute Gasteiger partial charge is 0.508 e. The molecule has 0 aliphatic rings. The summed E-state index contributed by atoms with van der Waals surface area (Å²) in [5.74, 6) is 0.271. The topological polar surface area (TPSA) is 32.3 Å². The van der Waals surface area contributed by atoms with E-state index >= 15 is 0 Å². The van der Waals surface area contributed by atoms with Crippen LogP contribution in [-0.2, 0) is 5.54 Å². The van der Waals surface area contributed by atoms with Crippen molar-refractivity contribution >= 4 is 0 Å². The summed E-state index contributed by atoms with van der Waals surface area (Å²) in [6, 6.07) is 26.8. The van der Waals surface area contributed by atoms with Crippen LogP contribution in [0, 0.1) is 6.92 Å². The first-order chi connectivity index (χ1) is 14.1. The van der Waals surface area contributed by atoms with Gasteiger partial charge in [-0.15, -0.1) is 6.58 Å². The van der Waals surface area contributed by atoms with Crippen LogP contribution < -0.4 is 5.32 Å². The molecule has 2 nitrogen and oxygen atoms in total. The molecule has 1 atom stereocenters. The van der Waals surface area contributed by atoms with Crippen molar-refractivity contribution in [2.24, 2.45) is 0 Å². The van der Waals surface area contributed by atoms with Crippen molar-refractivity contribution in [3.63, 3.8) is 0 Å². The highest BCUT2D eigenvalue weighted by molar-refractivity contribution is 5.54. The quantitative estimate of drug-likeness (QED) is 0.333. The molecule has 2 N–H and O–H groups in total. The maximum atomic E-state index is 10.4. The van der Waals surface area contributed by atoms with Gasteiger partial charge in [0.05, 0.1) is 5.54 Å². The summed E-state index contributed by atoms with van der Waals surface area (Å²) in [5, 5.41) is 14.3. The maximum absolute atomic E-state index is 10.4. The number of phenolic OH excluding ortho intramolecular Hbond substituents is 1. The minimum Gasteiger partial charge on any atom is -0.508 e. The summed E-state index contributed by atoms with van der Waals surface area (Å²) in [7, 11) is 0. The van der Waals surface area contributed by atoms with E-state index in [1.807, 2.05) is 30.3 Å². The monoisotopic (exact) mass is 385 g/mol. The molecule has 0 aromatic heterocycles. The number of aryl methyl sites for hydroxylation is 1. The van der Waals surface area contributed by atoms with Crippen molar-refractivity contribution in [3.8, 4) is 5.75 Å². The van der Waals surface area contributed by atoms with Gasteiger partial charge in [0.15, 0.2) is 0 Å². The van der Waals surface area contributed by atoms with Gasteiger partial charge < -0.3 is 5.11 Å². The van der Waals surface area contributed by atoms with Crippen molar-refractivity contribution < 1.29 is 5.11 Å². The van der Waals surface area contributed by atoms with E-state index in [0.29, 0.717) is 0 Å². The van der Waals surface area contributed by atoms with E-state index in [2.05, 4.69) is 74.3 Å². The zero-order chi connectivity index (χ0) is 20.7. The van der Waals surface area contributed by atoms with E-state index in [1.165, 1.54) is 0 Å². The third kappa shape index (κ3) is 4.44. The predicted molar refractivity (Wildman–Crippen MR) is 122 cm³/mol. The van der Waals surface area contributed by atoms with Gasteiger partial charge in [0.2, 0.25) is 0 Å². The number of phenols is 1. The number of benzene rings is 3. The number of rotatable bonds is 9. The van der Waals surface area contributed by atoms with E-state index in [1.54, 1.807) is 6.07 Å². The Bertz CT molecular complexity index is 878. The van der Waals surface area contributed by atoms with Crippen LogP contribution in [0.4, 0.5) is 0 Å². The van der Waals surface area contributed by atoms with Crippen LogP contribution in [-0.4, -0.2) is 11.1 Å². The average Bonchev–Trinajstić information content (AvgIpc) is 2.77. The highest BCUT2D eigenvalue weighted by Gasteiger charge is 2.38. The Labute approximate surface area is 174 Å². The Balaban J connectivity index is 2.30. The molecular weight excluding hydrogens is 354 g/mol. The van der Waals surface area contributed by atoms with Crippen LogP contribution in [0.15, 0.2) is 91.5 Å². The highest BCUT2D eigenvalue weighted by atomic mass is 16.3. The van der Waals surface area contributed by atoms with Crippen molar-refractivity contribution in [1.82, 2.24) is 5.32 Å². The number of hydrogen-bond donors (Lipinski definition) is 2. The summed E-state index contributed by atoms with van der Waals surface area (Å²) < 4.78 is 0. The van der Waals surface area contributed by atoms with E-state index in [9.17, 15) is 5.11 Å². The summed E-state index contributed by atoms with van der Waals surface area (Å²) in [4.78, 5) is 0. The minimum absolute atomic E-state index is 0.136. The SMILES string of the molecule is C=C[C@H](CCCC)NC(c1ccccc1)(c1ccccc1)c1cc(O)ccc1C. The zero-order valence-corrected chi connectivity index (χ0v) is 17.4. The third-order valence-electron chi connectivity index (χ3n) is 5.59. The number of hydrogen-bond acceptors (Lipinski definition) is 2. The molecule has 0 unspecified atom stereocenters. The second-order valence-electron chi connectivity index (χ2n) is 7.61. The smallest absolute Gasteiger partial charge is 0.115 e. The van der Waals surface area contributed by atoms with Crippen LogP contribution in [0.1, 0.15) is 48.4 Å². The molecule has 3 rings (SSSR count). The minimum atomic E-state index is -0.599. The molecule has 0 saturated heterocycles. The van der Waals surface area contributed by atoms with E-state index in [-0.39, 0.29) is 11.8 Å². The second-order valence-corrected chi connectivity index (χ2v) is 7.61. The summed E-state index contributed by atoms with van der Waals surface area (Å²) in [6.07, 6.45) is 5.29. The summed E-state index contributed by atoms with van der Waals surface area (Å²) >= 11 is 0. The van der Waals surface area contributed by atoms with Gasteiger partial charge in [-0.3, -0.25) is 5.32 Å². The normalized spacial score (nSPS) is 12.5. The Morgan fingerprint density at radius 3 is 2.07 bits per heavy atom. The number of aromatic hydroxyl groups is 1. The van der Waals surface area contributed by atoms with Gasteiger partial charge in [-0.05, 0) is 47.7 Å². The van der Waals surface area contributed by atoms with Crippen molar-refractivity contribution in [2.45, 2.75) is 44.7 Å². The zero-order valence-electron chi connectivity index (χ0n) is 17.4. The highest BCUT2D eigenvalue weighted by Crippen LogP contribution is 2.40. The molecule has 0 aliphatic heterocycles. The van der Waals surface area contributed by atoms with Crippen molar-refractivity contribution in [2.75, 3.05) is 0 Å². The van der Waals surface area contributed by atoms with Gasteiger partial charge in [-0.25, -0.2) is 0 Å². The third-order valence-corrected chi connectivity index (χ3v) is 5.59. The van der Waals surface area contributed by atoms with E-state index in [0.717, 1.165) is 41.5 Å². The molecule has 0 amide bonds. The molecule has 3 aromatic rings. The lowest BCUT2D eigenvalue weighted by molar-refractivity contribution is 0.404. The molecule has 0 fully saturated rings. The van der Waals surface area contributed by atoms with Crippen molar-refractivity contribution in [3.05, 3.63) is 114 Å². The van der Waals surface area contributed by atoms with Gasteiger partial charge in [-0.2, -0.15) is 0 Å². The fourth-order valence-corrected chi connectivity index (χ4v) is 4.06. The van der Waals surface area contributed by atoms with Crippen LogP contribution in [0.5, 0.6) is 5.75 Å². The Hall–Kier alpha value is -2.84. The van der Waals surface area contributed by atoms with Crippen LogP contribution in [0.3, 0.4) is 0 Å². The maximum Gasteiger partial charge on any atom is 0.115 e. The first-order valence-corrected chi connectivity index (χ1v) is 10.4. The number of unbranched alkanes of at least 4 members (excludes halogenated alkanes) is 1. The fourth-order valence-electron chi connectivity index (χ4n) is 4.06. The molecule has 150 valence electrons. The Morgan fingerprint density at radius 2 is 1.55 bits per heavy atom. The van der Waals surface area contributed by atoms with Gasteiger partial charge in [-0.1, -0.05) is 92.6 Å². The van der Waals surface area contributed by atoms with Gasteiger partial charge in [0.1, 0.15) is 5.75 Å². The molecular formula is C27H31NO. The van der Waals surface area contributed by atoms with E-state index in [4.69, 9.17) is 0 Å². The molecule has 0 aliphatic carbocycles. The standard InChI is InChI=1S/C27H31NO/c1-4-6-17-24(5-2)28-27(22-13-9-7-10-14-22,23-15-11-8-12-16-23)26-20-25(29)19-18-21(26)3/h5,7-16,18-20,24,28-29H,2,4,6,17H2,1,3H3/t24-/m1/s1. The molecule has 2 heteroatoms. The molecule has 0 radical (unpaired) electrons. The lowest BCUT2D eigenvalue weighted by Crippen LogP contribution is -2.49. The van der Waals surface area contributed by atoms with Gasteiger partial charge in [0.25, 0.3) is 0 Å². The van der Waals surface area contributed by atoms with Gasteiger partial charge in [0, 0.05) is 6.04 Å². The molecule has 29 heavy (non-hydrogen) atoms. The van der Waals surface area contributed by atoms with Crippen LogP contribution in [0.2, 0.25) is 0 Å². The average molecular weight is 386 g/mol. The fraction of sp³-hybridized carbons (Fsp3) is 0.259. The number of nitrogens with one attached hydrogen (secondary N) is 1. The lowest BCUT2D eigenvalue weighted by atomic mass is 9.74. The molecule has 0 saturated carbocycles. The predicted octanol–water partition coefficient (Wildman–Crippen LogP) is 6.33. The summed E-state index contributed by atoms with van der Waals surface area (Å²) in [5.41, 5.74) is 3.86. The Kier molecular flexibility index (Phi) is 6.90. The van der Waals surface area contributed by atoms with Gasteiger partial charge >= 0.3 is 0 Å². The van der Waals surface area contributed by atoms with Crippen LogP contribution in [0.25, 0.3) is 0 Å². The first-order valence-electron chi connectivity index (χ1n) is 10.4. The molecule has 0 bridgehead atoms. The summed E-state index contributed by atoms with van der Waals surface area (Å²) in [6.45, 7) is 8.42. The van der Waals surface area contributed by atoms with Crippen LogP contribution >= 0.6 is 0 Å². The molecule has 0 heterocycles. The first kappa shape index (κ1) is 20.9. The Morgan fingerprint density at radius 1 is 0.966 bits per heavy atom.